The third-order valence-corrected chi connectivity index (χ3v) is 2.04. The lowest BCUT2D eigenvalue weighted by atomic mass is 9.93. The lowest BCUT2D eigenvalue weighted by molar-refractivity contribution is -0.141. The van der Waals surface area contributed by atoms with Gasteiger partial charge in [0.25, 0.3) is 0 Å². The highest BCUT2D eigenvalue weighted by molar-refractivity contribution is 5.85. The summed E-state index contributed by atoms with van der Waals surface area (Å²) in [5.41, 5.74) is 0. The van der Waals surface area contributed by atoms with Crippen molar-refractivity contribution >= 4 is 18.4 Å². The Morgan fingerprint density at radius 2 is 2.27 bits per heavy atom. The van der Waals surface area contributed by atoms with Gasteiger partial charge in [-0.05, 0) is 25.3 Å². The first-order valence-electron chi connectivity index (χ1n) is 3.68. The van der Waals surface area contributed by atoms with Crippen LogP contribution in [0.1, 0.15) is 19.8 Å². The minimum absolute atomic E-state index is 0. The highest BCUT2D eigenvalue weighted by Crippen LogP contribution is 2.14. The number of carbonyl (C=O) groups is 1. The van der Waals surface area contributed by atoms with E-state index in [4.69, 9.17) is 5.11 Å². The van der Waals surface area contributed by atoms with Crippen LogP contribution < -0.4 is 5.32 Å². The van der Waals surface area contributed by atoms with E-state index in [0.29, 0.717) is 0 Å². The molecule has 0 aliphatic carbocycles. The van der Waals surface area contributed by atoms with Gasteiger partial charge in [0, 0.05) is 0 Å². The number of carboxylic acid groups (broad SMARTS) is 1. The molecule has 1 saturated heterocycles. The Kier molecular flexibility index (Phi) is 4.45. The zero-order valence-corrected chi connectivity index (χ0v) is 7.36. The number of halogens is 1. The first-order valence-corrected chi connectivity index (χ1v) is 3.68. The van der Waals surface area contributed by atoms with Gasteiger partial charge in [-0.2, -0.15) is 0 Å². The zero-order chi connectivity index (χ0) is 7.56. The third-order valence-electron chi connectivity index (χ3n) is 2.04. The molecule has 1 heterocycles. The lowest BCUT2D eigenvalue weighted by Gasteiger charge is -2.26. The lowest BCUT2D eigenvalue weighted by Crippen LogP contribution is -2.45. The van der Waals surface area contributed by atoms with Crippen LogP contribution in [0.15, 0.2) is 0 Å². The molecular formula is C7H14ClNO2. The molecule has 2 atom stereocenters. The van der Waals surface area contributed by atoms with Crippen LogP contribution in [-0.4, -0.2) is 23.7 Å². The average molecular weight is 180 g/mol. The number of rotatable bonds is 1. The van der Waals surface area contributed by atoms with Gasteiger partial charge in [-0.1, -0.05) is 6.92 Å². The Bertz CT molecular complexity index is 140. The number of hydrogen-bond acceptors (Lipinski definition) is 2. The molecule has 2 unspecified atom stereocenters. The zero-order valence-electron chi connectivity index (χ0n) is 6.54. The van der Waals surface area contributed by atoms with Gasteiger partial charge in [0.15, 0.2) is 0 Å². The molecule has 0 spiro atoms. The topological polar surface area (TPSA) is 49.3 Å². The fraction of sp³-hybridized carbons (Fsp3) is 0.857. The van der Waals surface area contributed by atoms with Gasteiger partial charge >= 0.3 is 5.97 Å². The summed E-state index contributed by atoms with van der Waals surface area (Å²) in [6, 6.07) is -0.311. The Balaban J connectivity index is 0.000001000. The van der Waals surface area contributed by atoms with Crippen molar-refractivity contribution < 1.29 is 9.90 Å². The average Bonchev–Trinajstić information content (AvgIpc) is 1.88. The molecule has 0 aromatic rings. The van der Waals surface area contributed by atoms with Gasteiger partial charge in [0.2, 0.25) is 0 Å². The summed E-state index contributed by atoms with van der Waals surface area (Å²) in [6.45, 7) is 2.83. The molecule has 0 amide bonds. The minimum atomic E-state index is -0.716. The fourth-order valence-electron chi connectivity index (χ4n) is 1.38. The molecule has 1 rings (SSSR count). The summed E-state index contributed by atoms with van der Waals surface area (Å²) in [4.78, 5) is 10.5. The van der Waals surface area contributed by atoms with Crippen molar-refractivity contribution in [3.8, 4) is 0 Å². The number of carboxylic acids is 1. The number of nitrogens with one attached hydrogen (secondary N) is 1. The molecular weight excluding hydrogens is 166 g/mol. The van der Waals surface area contributed by atoms with Crippen molar-refractivity contribution in [3.63, 3.8) is 0 Å². The van der Waals surface area contributed by atoms with Gasteiger partial charge in [0.1, 0.15) is 6.04 Å². The van der Waals surface area contributed by atoms with Crippen molar-refractivity contribution in [3.05, 3.63) is 0 Å². The van der Waals surface area contributed by atoms with Crippen LogP contribution in [0.4, 0.5) is 0 Å². The molecule has 1 aliphatic rings. The fourth-order valence-corrected chi connectivity index (χ4v) is 1.38. The van der Waals surface area contributed by atoms with Gasteiger partial charge in [-0.3, -0.25) is 4.79 Å². The molecule has 4 heteroatoms. The molecule has 66 valence electrons. The predicted molar refractivity (Wildman–Crippen MR) is 45.1 cm³/mol. The maximum absolute atomic E-state index is 10.5. The van der Waals surface area contributed by atoms with Crippen LogP contribution in [0.2, 0.25) is 0 Å². The van der Waals surface area contributed by atoms with Crippen LogP contribution in [0, 0.1) is 5.92 Å². The van der Waals surface area contributed by atoms with Gasteiger partial charge in [-0.15, -0.1) is 12.4 Å². The molecule has 3 nitrogen and oxygen atoms in total. The van der Waals surface area contributed by atoms with Crippen LogP contribution in [0.5, 0.6) is 0 Å². The van der Waals surface area contributed by atoms with Gasteiger partial charge in [-0.25, -0.2) is 0 Å². The molecule has 0 bridgehead atoms. The third kappa shape index (κ3) is 2.67. The maximum atomic E-state index is 10.5. The van der Waals surface area contributed by atoms with Crippen molar-refractivity contribution in [2.45, 2.75) is 25.8 Å². The molecule has 1 fully saturated rings. The number of piperidine rings is 1. The van der Waals surface area contributed by atoms with E-state index in [2.05, 4.69) is 5.32 Å². The molecule has 2 N–H and O–H groups in total. The van der Waals surface area contributed by atoms with Crippen LogP contribution in [-0.2, 0) is 4.79 Å². The minimum Gasteiger partial charge on any atom is -0.480 e. The van der Waals surface area contributed by atoms with E-state index in [1.807, 2.05) is 6.92 Å². The summed E-state index contributed by atoms with van der Waals surface area (Å²) >= 11 is 0. The Morgan fingerprint density at radius 1 is 1.64 bits per heavy atom. The van der Waals surface area contributed by atoms with E-state index in [9.17, 15) is 4.79 Å². The predicted octanol–water partition coefficient (Wildman–Crippen LogP) is 0.881. The maximum Gasteiger partial charge on any atom is 0.320 e. The smallest absolute Gasteiger partial charge is 0.320 e. The molecule has 0 radical (unpaired) electrons. The Morgan fingerprint density at radius 3 is 2.64 bits per heavy atom. The normalized spacial score (nSPS) is 30.6. The molecule has 11 heavy (non-hydrogen) atoms. The van der Waals surface area contributed by atoms with E-state index in [0.717, 1.165) is 19.4 Å². The largest absolute Gasteiger partial charge is 0.480 e. The summed E-state index contributed by atoms with van der Waals surface area (Å²) in [7, 11) is 0. The van der Waals surface area contributed by atoms with Gasteiger partial charge < -0.3 is 10.4 Å². The van der Waals surface area contributed by atoms with Crippen LogP contribution in [0.3, 0.4) is 0 Å². The Labute approximate surface area is 72.6 Å². The Hall–Kier alpha value is -0.280. The highest BCUT2D eigenvalue weighted by atomic mass is 35.5. The van der Waals surface area contributed by atoms with E-state index < -0.39 is 5.97 Å². The monoisotopic (exact) mass is 179 g/mol. The molecule has 0 saturated carbocycles. The second kappa shape index (κ2) is 4.57. The molecule has 1 aliphatic heterocycles. The van der Waals surface area contributed by atoms with Crippen molar-refractivity contribution in [1.29, 1.82) is 0 Å². The number of hydrogen-bond donors (Lipinski definition) is 2. The first-order chi connectivity index (χ1) is 4.72. The second-order valence-corrected chi connectivity index (χ2v) is 2.89. The highest BCUT2D eigenvalue weighted by Gasteiger charge is 2.26. The summed E-state index contributed by atoms with van der Waals surface area (Å²) < 4.78 is 0. The van der Waals surface area contributed by atoms with Crippen molar-refractivity contribution in [1.82, 2.24) is 5.32 Å². The van der Waals surface area contributed by atoms with Gasteiger partial charge in [0.05, 0.1) is 0 Å². The van der Waals surface area contributed by atoms with E-state index >= 15 is 0 Å². The first kappa shape index (κ1) is 10.7. The number of aliphatic carboxylic acids is 1. The van der Waals surface area contributed by atoms with Crippen molar-refractivity contribution in [2.24, 2.45) is 5.92 Å². The summed E-state index contributed by atoms with van der Waals surface area (Å²) in [6.07, 6.45) is 2.13. The SMILES string of the molecule is CC1CCCNC1C(=O)O.Cl. The van der Waals surface area contributed by atoms with Crippen LogP contribution >= 0.6 is 12.4 Å². The van der Waals surface area contributed by atoms with Crippen molar-refractivity contribution in [2.75, 3.05) is 6.54 Å². The van der Waals surface area contributed by atoms with Crippen LogP contribution in [0.25, 0.3) is 0 Å². The van der Waals surface area contributed by atoms with E-state index in [1.165, 1.54) is 0 Å². The quantitative estimate of drug-likeness (QED) is 0.629. The second-order valence-electron chi connectivity index (χ2n) is 2.89. The molecule has 0 aromatic carbocycles. The summed E-state index contributed by atoms with van der Waals surface area (Å²) in [5, 5.41) is 11.6. The van der Waals surface area contributed by atoms with E-state index in [-0.39, 0.29) is 24.4 Å². The summed E-state index contributed by atoms with van der Waals surface area (Å²) in [5.74, 6) is -0.432. The van der Waals surface area contributed by atoms with E-state index in [1.54, 1.807) is 0 Å². The molecule has 0 aromatic heterocycles. The standard InChI is InChI=1S/C7H13NO2.ClH/c1-5-3-2-4-8-6(5)7(9)10;/h5-6,8H,2-4H2,1H3,(H,9,10);1H.